The molecule has 0 bridgehead atoms. The van der Waals surface area contributed by atoms with Gasteiger partial charge in [0, 0.05) is 17.5 Å². The molecule has 1 N–H and O–H groups in total. The highest BCUT2D eigenvalue weighted by Crippen LogP contribution is 2.35. The summed E-state index contributed by atoms with van der Waals surface area (Å²) in [6.45, 7) is 7.06. The molecule has 1 heterocycles. The fourth-order valence-electron chi connectivity index (χ4n) is 1.66. The van der Waals surface area contributed by atoms with Crippen molar-refractivity contribution in [2.45, 2.75) is 43.1 Å². The molecule has 4 heteroatoms. The van der Waals surface area contributed by atoms with Crippen LogP contribution in [0.25, 0.3) is 0 Å². The zero-order valence-corrected chi connectivity index (χ0v) is 12.9. The van der Waals surface area contributed by atoms with Crippen molar-refractivity contribution in [3.8, 4) is 0 Å². The van der Waals surface area contributed by atoms with Gasteiger partial charge in [-0.15, -0.1) is 0 Å². The summed E-state index contributed by atoms with van der Waals surface area (Å²) in [5.74, 6) is 0.923. The molecule has 0 aliphatic carbocycles. The van der Waals surface area contributed by atoms with Crippen molar-refractivity contribution in [3.63, 3.8) is 0 Å². The van der Waals surface area contributed by atoms with Crippen molar-refractivity contribution < 1.29 is 4.42 Å². The summed E-state index contributed by atoms with van der Waals surface area (Å²) >= 11 is 7.97. The lowest BCUT2D eigenvalue weighted by molar-refractivity contribution is 0.527. The fraction of sp³-hybridized carbons (Fsp3) is 0.333. The smallest absolute Gasteiger partial charge is 0.114 e. The van der Waals surface area contributed by atoms with Crippen molar-refractivity contribution in [2.24, 2.45) is 0 Å². The van der Waals surface area contributed by atoms with Crippen LogP contribution in [0.1, 0.15) is 25.2 Å². The number of halogens is 1. The molecule has 1 aromatic heterocycles. The van der Waals surface area contributed by atoms with Gasteiger partial charge in [-0.25, -0.2) is 0 Å². The van der Waals surface area contributed by atoms with Crippen molar-refractivity contribution in [1.29, 1.82) is 0 Å². The summed E-state index contributed by atoms with van der Waals surface area (Å²) in [5.41, 5.74) is 1.20. The van der Waals surface area contributed by atoms with Crippen LogP contribution in [0.4, 0.5) is 0 Å². The van der Waals surface area contributed by atoms with E-state index < -0.39 is 0 Å². The maximum atomic E-state index is 6.33. The van der Waals surface area contributed by atoms with E-state index in [4.69, 9.17) is 16.0 Å². The van der Waals surface area contributed by atoms with E-state index in [1.54, 1.807) is 18.0 Å². The highest BCUT2D eigenvalue weighted by Gasteiger charge is 2.08. The Labute approximate surface area is 123 Å². The van der Waals surface area contributed by atoms with E-state index in [2.05, 4.69) is 31.3 Å². The van der Waals surface area contributed by atoms with E-state index in [1.165, 1.54) is 5.56 Å². The molecule has 0 spiro atoms. The Bertz CT molecular complexity index is 551. The van der Waals surface area contributed by atoms with Crippen LogP contribution in [0.15, 0.2) is 44.7 Å². The predicted octanol–water partition coefficient (Wildman–Crippen LogP) is 4.89. The zero-order chi connectivity index (χ0) is 13.8. The van der Waals surface area contributed by atoms with E-state index in [9.17, 15) is 0 Å². The van der Waals surface area contributed by atoms with Crippen LogP contribution >= 0.6 is 23.4 Å². The van der Waals surface area contributed by atoms with Crippen LogP contribution < -0.4 is 5.32 Å². The SMILES string of the molecule is Cc1occc1Sc1ccc(CNC(C)C)cc1Cl. The van der Waals surface area contributed by atoms with E-state index in [-0.39, 0.29) is 0 Å². The van der Waals surface area contributed by atoms with E-state index >= 15 is 0 Å². The molecule has 0 aliphatic heterocycles. The van der Waals surface area contributed by atoms with Gasteiger partial charge < -0.3 is 9.73 Å². The Balaban J connectivity index is 2.09. The molecule has 0 fully saturated rings. The van der Waals surface area contributed by atoms with Gasteiger partial charge in [0.05, 0.1) is 16.2 Å². The second-order valence-corrected chi connectivity index (χ2v) is 6.23. The minimum atomic E-state index is 0.474. The second-order valence-electron chi connectivity index (χ2n) is 4.74. The number of furan rings is 1. The fourth-order valence-corrected chi connectivity index (χ4v) is 2.82. The number of rotatable bonds is 5. The topological polar surface area (TPSA) is 25.2 Å². The molecular weight excluding hydrogens is 278 g/mol. The number of nitrogens with one attached hydrogen (secondary N) is 1. The van der Waals surface area contributed by atoms with Gasteiger partial charge >= 0.3 is 0 Å². The summed E-state index contributed by atoms with van der Waals surface area (Å²) in [7, 11) is 0. The minimum Gasteiger partial charge on any atom is -0.468 e. The summed E-state index contributed by atoms with van der Waals surface area (Å²) in [4.78, 5) is 2.16. The molecule has 2 aromatic rings. The Hall–Kier alpha value is -0.900. The Morgan fingerprint density at radius 2 is 2.05 bits per heavy atom. The van der Waals surface area contributed by atoms with Gasteiger partial charge in [0.15, 0.2) is 0 Å². The summed E-state index contributed by atoms with van der Waals surface area (Å²) in [6.07, 6.45) is 1.70. The maximum Gasteiger partial charge on any atom is 0.114 e. The van der Waals surface area contributed by atoms with Crippen molar-refractivity contribution in [3.05, 3.63) is 46.9 Å². The summed E-state index contributed by atoms with van der Waals surface area (Å²) in [6, 6.07) is 8.64. The third-order valence-corrected chi connectivity index (χ3v) is 4.39. The van der Waals surface area contributed by atoms with Crippen molar-refractivity contribution in [2.75, 3.05) is 0 Å². The first-order valence-corrected chi connectivity index (χ1v) is 7.49. The largest absolute Gasteiger partial charge is 0.468 e. The lowest BCUT2D eigenvalue weighted by atomic mass is 10.2. The third kappa shape index (κ3) is 4.03. The number of hydrogen-bond acceptors (Lipinski definition) is 3. The highest BCUT2D eigenvalue weighted by atomic mass is 35.5. The zero-order valence-electron chi connectivity index (χ0n) is 11.4. The normalized spacial score (nSPS) is 11.2. The highest BCUT2D eigenvalue weighted by molar-refractivity contribution is 7.99. The molecule has 0 atom stereocenters. The van der Waals surface area contributed by atoms with Gasteiger partial charge in [-0.05, 0) is 30.7 Å². The molecule has 0 aliphatic rings. The molecular formula is C15H18ClNOS. The van der Waals surface area contributed by atoms with Gasteiger partial charge in [0.1, 0.15) is 5.76 Å². The van der Waals surface area contributed by atoms with Crippen LogP contribution in [0.3, 0.4) is 0 Å². The Morgan fingerprint density at radius 3 is 2.63 bits per heavy atom. The molecule has 2 rings (SSSR count). The Morgan fingerprint density at radius 1 is 1.26 bits per heavy atom. The number of benzene rings is 1. The number of aryl methyl sites for hydroxylation is 1. The van der Waals surface area contributed by atoms with Crippen LogP contribution in [-0.2, 0) is 6.54 Å². The van der Waals surface area contributed by atoms with E-state index in [0.717, 1.165) is 27.1 Å². The predicted molar refractivity (Wildman–Crippen MR) is 81.0 cm³/mol. The molecule has 1 aromatic carbocycles. The summed E-state index contributed by atoms with van der Waals surface area (Å²) < 4.78 is 5.29. The molecule has 19 heavy (non-hydrogen) atoms. The average molecular weight is 296 g/mol. The third-order valence-electron chi connectivity index (χ3n) is 2.74. The monoisotopic (exact) mass is 295 g/mol. The van der Waals surface area contributed by atoms with Crippen LogP contribution in [0.5, 0.6) is 0 Å². The standard InChI is InChI=1S/C15H18ClNOS/c1-10(2)17-9-12-4-5-15(13(16)8-12)19-14-6-7-18-11(14)3/h4-8,10,17H,9H2,1-3H3. The van der Waals surface area contributed by atoms with Gasteiger partial charge in [-0.1, -0.05) is 43.3 Å². The first-order valence-electron chi connectivity index (χ1n) is 6.30. The summed E-state index contributed by atoms with van der Waals surface area (Å²) in [5, 5.41) is 4.17. The minimum absolute atomic E-state index is 0.474. The van der Waals surface area contributed by atoms with Crippen molar-refractivity contribution in [1.82, 2.24) is 5.32 Å². The second kappa shape index (κ2) is 6.51. The van der Waals surface area contributed by atoms with Gasteiger partial charge in [0.25, 0.3) is 0 Å². The average Bonchev–Trinajstić information content (AvgIpc) is 2.75. The molecule has 2 nitrogen and oxygen atoms in total. The maximum absolute atomic E-state index is 6.33. The van der Waals surface area contributed by atoms with Crippen LogP contribution in [0.2, 0.25) is 5.02 Å². The van der Waals surface area contributed by atoms with Crippen LogP contribution in [0, 0.1) is 6.92 Å². The molecule has 0 saturated heterocycles. The first-order chi connectivity index (χ1) is 9.06. The molecule has 0 unspecified atom stereocenters. The van der Waals surface area contributed by atoms with Gasteiger partial charge in [-0.3, -0.25) is 0 Å². The van der Waals surface area contributed by atoms with Gasteiger partial charge in [-0.2, -0.15) is 0 Å². The molecule has 0 amide bonds. The number of hydrogen-bond donors (Lipinski definition) is 1. The van der Waals surface area contributed by atoms with Crippen molar-refractivity contribution >= 4 is 23.4 Å². The quantitative estimate of drug-likeness (QED) is 0.850. The lowest BCUT2D eigenvalue weighted by Crippen LogP contribution is -2.21. The van der Waals surface area contributed by atoms with E-state index in [0.29, 0.717) is 6.04 Å². The van der Waals surface area contributed by atoms with Crippen LogP contribution in [-0.4, -0.2) is 6.04 Å². The molecule has 0 radical (unpaired) electrons. The molecule has 0 saturated carbocycles. The van der Waals surface area contributed by atoms with E-state index in [1.807, 2.05) is 19.1 Å². The molecule has 102 valence electrons. The van der Waals surface area contributed by atoms with Gasteiger partial charge in [0.2, 0.25) is 0 Å². The Kier molecular flexibility index (Phi) is 4.97. The first kappa shape index (κ1) is 14.5. The lowest BCUT2D eigenvalue weighted by Gasteiger charge is -2.10.